The van der Waals surface area contributed by atoms with E-state index in [2.05, 4.69) is 5.10 Å². The molecule has 1 aromatic rings. The molecule has 0 unspecified atom stereocenters. The predicted octanol–water partition coefficient (Wildman–Crippen LogP) is 3.01. The van der Waals surface area contributed by atoms with Crippen molar-refractivity contribution in [3.8, 4) is 5.75 Å². The van der Waals surface area contributed by atoms with Gasteiger partial charge in [-0.2, -0.15) is 35.8 Å². The number of rotatable bonds is 5. The first-order valence-electron chi connectivity index (χ1n) is 5.39. The smallest absolute Gasteiger partial charge is 0.462 e. The van der Waals surface area contributed by atoms with Crippen LogP contribution >= 0.6 is 0 Å². The maximum absolute atomic E-state index is 12.8. The van der Waals surface area contributed by atoms with E-state index >= 15 is 0 Å². The van der Waals surface area contributed by atoms with Gasteiger partial charge < -0.3 is 5.11 Å². The van der Waals surface area contributed by atoms with Gasteiger partial charge in [-0.3, -0.25) is 10.1 Å². The Balaban J connectivity index is 2.99. The van der Waals surface area contributed by atoms with Crippen molar-refractivity contribution < 1.29 is 40.8 Å². The van der Waals surface area contributed by atoms with E-state index in [4.69, 9.17) is 0 Å². The number of hydrogen-bond acceptors (Lipinski definition) is 5. The molecule has 0 aliphatic carbocycles. The standard InChI is InChI=1S/C10H6F7N3O3/c11-8(12,9(13,14)15)10(16,17)19-18-4-5-3-6(20(22)23)1-2-7(5)21/h1-4,19,21H/b18-4-. The number of non-ortho nitro benzene ring substituents is 1. The van der Waals surface area contributed by atoms with Crippen molar-refractivity contribution in [2.24, 2.45) is 5.10 Å². The van der Waals surface area contributed by atoms with Crippen LogP contribution in [0.1, 0.15) is 5.56 Å². The van der Waals surface area contributed by atoms with Crippen molar-refractivity contribution in [1.29, 1.82) is 0 Å². The van der Waals surface area contributed by atoms with E-state index < -0.39 is 40.1 Å². The van der Waals surface area contributed by atoms with Gasteiger partial charge in [0.2, 0.25) is 0 Å². The zero-order chi connectivity index (χ0) is 18.1. The molecule has 0 aliphatic heterocycles. The second-order valence-corrected chi connectivity index (χ2v) is 4.02. The lowest BCUT2D eigenvalue weighted by atomic mass is 10.2. The van der Waals surface area contributed by atoms with Crippen molar-refractivity contribution in [2.45, 2.75) is 18.1 Å². The number of aromatic hydroxyl groups is 1. The number of halogens is 7. The van der Waals surface area contributed by atoms with Crippen LogP contribution in [0.3, 0.4) is 0 Å². The van der Waals surface area contributed by atoms with E-state index in [1.54, 1.807) is 0 Å². The maximum Gasteiger partial charge on any atom is 0.462 e. The quantitative estimate of drug-likeness (QED) is 0.281. The Bertz CT molecular complexity index is 631. The summed E-state index contributed by atoms with van der Waals surface area (Å²) in [7, 11) is 0. The van der Waals surface area contributed by atoms with Crippen LogP contribution < -0.4 is 5.43 Å². The van der Waals surface area contributed by atoms with Gasteiger partial charge in [-0.1, -0.05) is 0 Å². The Kier molecular flexibility index (Phi) is 4.72. The monoisotopic (exact) mass is 349 g/mol. The van der Waals surface area contributed by atoms with Crippen LogP contribution in [-0.2, 0) is 0 Å². The van der Waals surface area contributed by atoms with E-state index in [-0.39, 0.29) is 6.21 Å². The fraction of sp³-hybridized carbons (Fsp3) is 0.300. The van der Waals surface area contributed by atoms with Crippen molar-refractivity contribution >= 4 is 11.9 Å². The zero-order valence-electron chi connectivity index (χ0n) is 10.6. The van der Waals surface area contributed by atoms with Crippen molar-refractivity contribution in [1.82, 2.24) is 5.43 Å². The first-order chi connectivity index (χ1) is 10.3. The van der Waals surface area contributed by atoms with Gasteiger partial charge >= 0.3 is 18.1 Å². The lowest BCUT2D eigenvalue weighted by molar-refractivity contribution is -0.384. The lowest BCUT2D eigenvalue weighted by Crippen LogP contribution is -2.58. The summed E-state index contributed by atoms with van der Waals surface area (Å²) >= 11 is 0. The lowest BCUT2D eigenvalue weighted by Gasteiger charge is -2.27. The van der Waals surface area contributed by atoms with Gasteiger partial charge in [0.1, 0.15) is 5.75 Å². The second kappa shape index (κ2) is 5.89. The number of nitrogens with zero attached hydrogens (tertiary/aromatic N) is 2. The third-order valence-corrected chi connectivity index (χ3v) is 2.38. The van der Waals surface area contributed by atoms with Crippen LogP contribution in [0.15, 0.2) is 23.3 Å². The summed E-state index contributed by atoms with van der Waals surface area (Å²) in [6.45, 7) is 0. The average molecular weight is 349 g/mol. The number of alkyl halides is 7. The van der Waals surface area contributed by atoms with E-state index in [0.717, 1.165) is 12.1 Å². The van der Waals surface area contributed by atoms with E-state index in [1.807, 2.05) is 0 Å². The minimum atomic E-state index is -6.54. The van der Waals surface area contributed by atoms with Gasteiger partial charge in [0, 0.05) is 17.7 Å². The highest BCUT2D eigenvalue weighted by Gasteiger charge is 2.73. The van der Waals surface area contributed by atoms with Gasteiger partial charge in [-0.15, -0.1) is 0 Å². The number of phenolic OH excluding ortho intramolecular Hbond substituents is 1. The Morgan fingerprint density at radius 3 is 2.22 bits per heavy atom. The van der Waals surface area contributed by atoms with Crippen LogP contribution in [0.2, 0.25) is 0 Å². The minimum Gasteiger partial charge on any atom is -0.507 e. The molecular formula is C10H6F7N3O3. The number of phenols is 1. The van der Waals surface area contributed by atoms with Crippen molar-refractivity contribution in [2.75, 3.05) is 0 Å². The summed E-state index contributed by atoms with van der Waals surface area (Å²) in [5, 5.41) is 22.2. The molecule has 0 heterocycles. The Morgan fingerprint density at radius 1 is 1.17 bits per heavy atom. The molecule has 128 valence electrons. The SMILES string of the molecule is O=[N+]([O-])c1ccc(O)c(/C=N\NC(F)(F)C(F)(F)C(F)(F)F)c1. The summed E-state index contributed by atoms with van der Waals surface area (Å²) < 4.78 is 86.3. The van der Waals surface area contributed by atoms with Crippen LogP contribution in [0.25, 0.3) is 0 Å². The van der Waals surface area contributed by atoms with E-state index in [9.17, 15) is 46.0 Å². The molecule has 13 heteroatoms. The Hall–Kier alpha value is -2.60. The topological polar surface area (TPSA) is 87.8 Å². The van der Waals surface area contributed by atoms with Crippen LogP contribution in [0, 0.1) is 10.1 Å². The fourth-order valence-corrected chi connectivity index (χ4v) is 1.19. The first-order valence-corrected chi connectivity index (χ1v) is 5.39. The minimum absolute atomic E-state index is 0.225. The molecule has 2 N–H and O–H groups in total. The summed E-state index contributed by atoms with van der Waals surface area (Å²) in [4.78, 5) is 9.54. The van der Waals surface area contributed by atoms with Crippen molar-refractivity contribution in [3.05, 3.63) is 33.9 Å². The van der Waals surface area contributed by atoms with Crippen molar-refractivity contribution in [3.63, 3.8) is 0 Å². The van der Waals surface area contributed by atoms with Crippen LogP contribution in [-0.4, -0.2) is 34.4 Å². The molecule has 0 aromatic heterocycles. The first kappa shape index (κ1) is 18.4. The van der Waals surface area contributed by atoms with Gasteiger partial charge in [-0.05, 0) is 6.07 Å². The summed E-state index contributed by atoms with van der Waals surface area (Å²) in [6, 6.07) is -3.52. The largest absolute Gasteiger partial charge is 0.507 e. The number of hydrazone groups is 1. The van der Waals surface area contributed by atoms with Gasteiger partial charge in [0.25, 0.3) is 5.69 Å². The molecular weight excluding hydrogens is 343 g/mol. The van der Waals surface area contributed by atoms with Crippen LogP contribution in [0.4, 0.5) is 36.4 Å². The molecule has 0 fully saturated rings. The van der Waals surface area contributed by atoms with E-state index in [0.29, 0.717) is 11.5 Å². The van der Waals surface area contributed by atoms with Gasteiger partial charge in [0.05, 0.1) is 11.1 Å². The molecule has 1 aromatic carbocycles. The van der Waals surface area contributed by atoms with E-state index in [1.165, 1.54) is 0 Å². The molecule has 23 heavy (non-hydrogen) atoms. The number of nitrogens with one attached hydrogen (secondary N) is 1. The molecule has 0 saturated heterocycles. The molecule has 0 amide bonds. The highest BCUT2D eigenvalue weighted by Crippen LogP contribution is 2.44. The molecule has 0 atom stereocenters. The maximum atomic E-state index is 12.8. The molecule has 1 rings (SSSR count). The molecule has 6 nitrogen and oxygen atoms in total. The second-order valence-electron chi connectivity index (χ2n) is 4.02. The number of nitro benzene ring substituents is 1. The molecule has 0 saturated carbocycles. The predicted molar refractivity (Wildman–Crippen MR) is 61.4 cm³/mol. The third-order valence-electron chi connectivity index (χ3n) is 2.38. The van der Waals surface area contributed by atoms with Crippen LogP contribution in [0.5, 0.6) is 5.75 Å². The third kappa shape index (κ3) is 3.78. The van der Waals surface area contributed by atoms with Gasteiger partial charge in [0.15, 0.2) is 0 Å². The summed E-state index contributed by atoms with van der Waals surface area (Å²) in [5.74, 6) is -7.12. The fourth-order valence-electron chi connectivity index (χ4n) is 1.19. The average Bonchev–Trinajstić information content (AvgIpc) is 2.38. The Morgan fingerprint density at radius 2 is 1.74 bits per heavy atom. The molecule has 0 bridgehead atoms. The zero-order valence-corrected chi connectivity index (χ0v) is 10.6. The Labute approximate surface area is 122 Å². The molecule has 0 spiro atoms. The summed E-state index contributed by atoms with van der Waals surface area (Å²) in [5.41, 5.74) is -0.843. The molecule has 0 aliphatic rings. The number of benzene rings is 1. The number of hydrogen-bond donors (Lipinski definition) is 2. The molecule has 0 radical (unpaired) electrons. The van der Waals surface area contributed by atoms with Gasteiger partial charge in [-0.25, -0.2) is 5.43 Å². The summed E-state index contributed by atoms with van der Waals surface area (Å²) in [6.07, 6.45) is -6.31. The highest BCUT2D eigenvalue weighted by atomic mass is 19.4. The highest BCUT2D eigenvalue weighted by molar-refractivity contribution is 5.84. The number of nitro groups is 1. The normalized spacial score (nSPS) is 13.3.